The molecule has 2 atom stereocenters. The molecule has 0 aromatic heterocycles. The molecule has 0 aliphatic heterocycles. The molecule has 0 saturated carbocycles. The second kappa shape index (κ2) is 10.1. The fraction of sp³-hybridized carbons (Fsp3) is 1.00. The summed E-state index contributed by atoms with van der Waals surface area (Å²) in [5, 5.41) is 3.51. The number of methoxy groups -OCH3 is 1. The summed E-state index contributed by atoms with van der Waals surface area (Å²) in [6.45, 7) is 10.0. The van der Waals surface area contributed by atoms with Gasteiger partial charge in [-0.3, -0.25) is 0 Å². The summed E-state index contributed by atoms with van der Waals surface area (Å²) in [6, 6.07) is 0.459. The maximum absolute atomic E-state index is 5.27. The number of unbranched alkanes of at least 4 members (excludes halogenated alkanes) is 3. The van der Waals surface area contributed by atoms with Gasteiger partial charge in [-0.25, -0.2) is 0 Å². The number of rotatable bonds is 10. The van der Waals surface area contributed by atoms with E-state index in [2.05, 4.69) is 33.0 Å². The Morgan fingerprint density at radius 3 is 2.12 bits per heavy atom. The summed E-state index contributed by atoms with van der Waals surface area (Å²) < 4.78 is 5.27. The molecule has 1 N–H and O–H groups in total. The Kier molecular flexibility index (Phi) is 10.0. The fourth-order valence-electron chi connectivity index (χ4n) is 1.73. The Balaban J connectivity index is 3.20. The lowest BCUT2D eigenvalue weighted by molar-refractivity contribution is 0.0887. The first kappa shape index (κ1) is 15.9. The van der Waals surface area contributed by atoms with E-state index >= 15 is 0 Å². The van der Waals surface area contributed by atoms with E-state index in [0.29, 0.717) is 12.1 Å². The molecule has 2 heteroatoms. The van der Waals surface area contributed by atoms with Gasteiger partial charge in [0, 0.05) is 13.2 Å². The van der Waals surface area contributed by atoms with Gasteiger partial charge < -0.3 is 10.1 Å². The third kappa shape index (κ3) is 9.17. The molecule has 0 bridgehead atoms. The third-order valence-electron chi connectivity index (χ3n) is 3.25. The standard InChI is InChI=1S/C14H31NO/c1-12(2)10-8-6-7-9-11-15-13(3)14(4)16-5/h12-15H,6-11H2,1-5H3. The van der Waals surface area contributed by atoms with Crippen LogP contribution in [0.25, 0.3) is 0 Å². The van der Waals surface area contributed by atoms with Gasteiger partial charge in [0.25, 0.3) is 0 Å². The molecule has 0 fully saturated rings. The Hall–Kier alpha value is -0.0800. The van der Waals surface area contributed by atoms with Crippen molar-refractivity contribution >= 4 is 0 Å². The van der Waals surface area contributed by atoms with E-state index in [9.17, 15) is 0 Å². The first-order valence-electron chi connectivity index (χ1n) is 6.84. The van der Waals surface area contributed by atoms with Gasteiger partial charge in [-0.2, -0.15) is 0 Å². The summed E-state index contributed by atoms with van der Waals surface area (Å²) in [5.41, 5.74) is 0. The van der Waals surface area contributed by atoms with Crippen molar-refractivity contribution in [1.82, 2.24) is 5.32 Å². The first-order chi connectivity index (χ1) is 7.57. The van der Waals surface area contributed by atoms with Crippen LogP contribution < -0.4 is 5.32 Å². The lowest BCUT2D eigenvalue weighted by Crippen LogP contribution is -2.37. The number of hydrogen-bond donors (Lipinski definition) is 1. The van der Waals surface area contributed by atoms with Gasteiger partial charge in [0.2, 0.25) is 0 Å². The maximum atomic E-state index is 5.27. The van der Waals surface area contributed by atoms with Crippen LogP contribution >= 0.6 is 0 Å². The lowest BCUT2D eigenvalue weighted by Gasteiger charge is -2.19. The monoisotopic (exact) mass is 229 g/mol. The average Bonchev–Trinajstić information content (AvgIpc) is 2.25. The van der Waals surface area contributed by atoms with Crippen LogP contribution in [0, 0.1) is 5.92 Å². The van der Waals surface area contributed by atoms with Gasteiger partial charge in [0.1, 0.15) is 0 Å². The summed E-state index contributed by atoms with van der Waals surface area (Å²) in [6.07, 6.45) is 7.11. The van der Waals surface area contributed by atoms with E-state index in [0.717, 1.165) is 12.5 Å². The van der Waals surface area contributed by atoms with Crippen LogP contribution in [0.2, 0.25) is 0 Å². The van der Waals surface area contributed by atoms with Crippen molar-refractivity contribution < 1.29 is 4.74 Å². The number of hydrogen-bond acceptors (Lipinski definition) is 2. The Morgan fingerprint density at radius 1 is 0.938 bits per heavy atom. The minimum Gasteiger partial charge on any atom is -0.380 e. The maximum Gasteiger partial charge on any atom is 0.0693 e. The number of nitrogens with one attached hydrogen (secondary N) is 1. The summed E-state index contributed by atoms with van der Waals surface area (Å²) >= 11 is 0. The molecule has 0 radical (unpaired) electrons. The molecule has 98 valence electrons. The zero-order valence-electron chi connectivity index (χ0n) is 11.9. The molecule has 0 spiro atoms. The molecule has 2 unspecified atom stereocenters. The van der Waals surface area contributed by atoms with Crippen LogP contribution in [-0.4, -0.2) is 25.8 Å². The van der Waals surface area contributed by atoms with Crippen molar-refractivity contribution in [2.24, 2.45) is 5.92 Å². The molecule has 0 aliphatic carbocycles. The molecule has 0 aromatic carbocycles. The van der Waals surface area contributed by atoms with E-state index in [1.807, 2.05) is 0 Å². The normalized spacial score (nSPS) is 15.4. The Morgan fingerprint density at radius 2 is 1.56 bits per heavy atom. The fourth-order valence-corrected chi connectivity index (χ4v) is 1.73. The quantitative estimate of drug-likeness (QED) is 0.578. The van der Waals surface area contributed by atoms with E-state index < -0.39 is 0 Å². The topological polar surface area (TPSA) is 21.3 Å². The molecule has 0 aliphatic rings. The van der Waals surface area contributed by atoms with E-state index in [4.69, 9.17) is 4.74 Å². The summed E-state index contributed by atoms with van der Waals surface area (Å²) in [7, 11) is 1.77. The van der Waals surface area contributed by atoms with Gasteiger partial charge in [-0.15, -0.1) is 0 Å². The zero-order chi connectivity index (χ0) is 12.4. The smallest absolute Gasteiger partial charge is 0.0693 e. The lowest BCUT2D eigenvalue weighted by atomic mass is 10.0. The molecule has 2 nitrogen and oxygen atoms in total. The highest BCUT2D eigenvalue weighted by molar-refractivity contribution is 4.67. The van der Waals surface area contributed by atoms with Crippen LogP contribution in [-0.2, 0) is 4.74 Å². The van der Waals surface area contributed by atoms with Crippen molar-refractivity contribution in [3.8, 4) is 0 Å². The molecule has 0 amide bonds. The van der Waals surface area contributed by atoms with Crippen molar-refractivity contribution in [2.45, 2.75) is 71.9 Å². The third-order valence-corrected chi connectivity index (χ3v) is 3.25. The highest BCUT2D eigenvalue weighted by atomic mass is 16.5. The van der Waals surface area contributed by atoms with Crippen LogP contribution in [0.3, 0.4) is 0 Å². The molecule has 0 aromatic rings. The minimum absolute atomic E-state index is 0.306. The van der Waals surface area contributed by atoms with Crippen LogP contribution in [0.4, 0.5) is 0 Å². The zero-order valence-corrected chi connectivity index (χ0v) is 11.9. The van der Waals surface area contributed by atoms with Crippen LogP contribution in [0.1, 0.15) is 59.8 Å². The molecule has 0 saturated heterocycles. The van der Waals surface area contributed by atoms with E-state index in [1.165, 1.54) is 32.1 Å². The molecule has 0 heterocycles. The second-order valence-electron chi connectivity index (χ2n) is 5.28. The first-order valence-corrected chi connectivity index (χ1v) is 6.84. The number of ether oxygens (including phenoxy) is 1. The molecule has 0 rings (SSSR count). The summed E-state index contributed by atoms with van der Waals surface area (Å²) in [4.78, 5) is 0. The van der Waals surface area contributed by atoms with Crippen molar-refractivity contribution in [2.75, 3.05) is 13.7 Å². The van der Waals surface area contributed by atoms with Gasteiger partial charge in [0.15, 0.2) is 0 Å². The van der Waals surface area contributed by atoms with Crippen molar-refractivity contribution in [3.63, 3.8) is 0 Å². The predicted octanol–water partition coefficient (Wildman–Crippen LogP) is 3.61. The van der Waals surface area contributed by atoms with Gasteiger partial charge in [-0.05, 0) is 32.7 Å². The molecule has 16 heavy (non-hydrogen) atoms. The molecular formula is C14H31NO. The van der Waals surface area contributed by atoms with Crippen molar-refractivity contribution in [1.29, 1.82) is 0 Å². The van der Waals surface area contributed by atoms with Crippen LogP contribution in [0.15, 0.2) is 0 Å². The second-order valence-corrected chi connectivity index (χ2v) is 5.28. The summed E-state index contributed by atoms with van der Waals surface area (Å²) in [5.74, 6) is 0.862. The highest BCUT2D eigenvalue weighted by Gasteiger charge is 2.08. The Labute approximate surface area is 102 Å². The van der Waals surface area contributed by atoms with E-state index in [1.54, 1.807) is 7.11 Å². The Bertz CT molecular complexity index is 148. The molecular weight excluding hydrogens is 198 g/mol. The van der Waals surface area contributed by atoms with Gasteiger partial charge in [0.05, 0.1) is 6.10 Å². The van der Waals surface area contributed by atoms with Crippen molar-refractivity contribution in [3.05, 3.63) is 0 Å². The van der Waals surface area contributed by atoms with Crippen LogP contribution in [0.5, 0.6) is 0 Å². The largest absolute Gasteiger partial charge is 0.380 e. The van der Waals surface area contributed by atoms with Gasteiger partial charge >= 0.3 is 0 Å². The average molecular weight is 229 g/mol. The van der Waals surface area contributed by atoms with Gasteiger partial charge in [-0.1, -0.05) is 39.5 Å². The minimum atomic E-state index is 0.306. The SMILES string of the molecule is COC(C)C(C)NCCCCCCC(C)C. The predicted molar refractivity (Wildman–Crippen MR) is 71.9 cm³/mol. The highest BCUT2D eigenvalue weighted by Crippen LogP contribution is 2.09. The van der Waals surface area contributed by atoms with E-state index in [-0.39, 0.29) is 0 Å².